The van der Waals surface area contributed by atoms with Crippen molar-refractivity contribution in [3.8, 4) is 0 Å². The Kier molecular flexibility index (Phi) is 3.95. The van der Waals surface area contributed by atoms with E-state index in [2.05, 4.69) is 10.1 Å². The molecule has 21 heavy (non-hydrogen) atoms. The molecule has 1 N–H and O–H groups in total. The maximum Gasteiger partial charge on any atom is 0.417 e. The molecule has 0 atom stereocenters. The number of nitrogens with zero attached hydrogens (tertiary/aromatic N) is 3. The van der Waals surface area contributed by atoms with Crippen molar-refractivity contribution in [1.29, 1.82) is 0 Å². The van der Waals surface area contributed by atoms with Crippen molar-refractivity contribution in [2.24, 2.45) is 7.05 Å². The van der Waals surface area contributed by atoms with Crippen LogP contribution < -0.4 is 0 Å². The molecule has 0 bridgehead atoms. The molecule has 2 rings (SSSR count). The third-order valence-corrected chi connectivity index (χ3v) is 3.76. The molecule has 5 nitrogen and oxygen atoms in total. The number of carbonyl (C=O) groups is 1. The van der Waals surface area contributed by atoms with Crippen LogP contribution in [0.3, 0.4) is 0 Å². The van der Waals surface area contributed by atoms with E-state index in [0.717, 1.165) is 17.8 Å². The molecule has 0 aromatic carbocycles. The summed E-state index contributed by atoms with van der Waals surface area (Å²) < 4.78 is 38.7. The van der Waals surface area contributed by atoms with Gasteiger partial charge in [-0.05, 0) is 30.8 Å². The molecule has 2 aromatic heterocycles. The quantitative estimate of drug-likeness (QED) is 0.942. The van der Waals surface area contributed by atoms with Gasteiger partial charge in [0.15, 0.2) is 0 Å². The summed E-state index contributed by atoms with van der Waals surface area (Å²) in [4.78, 5) is 14.9. The van der Waals surface area contributed by atoms with Crippen LogP contribution in [0.15, 0.2) is 28.4 Å². The average molecular weight is 317 g/mol. The molecule has 0 amide bonds. The first kappa shape index (κ1) is 15.4. The number of aromatic nitrogens is 3. The number of alkyl halides is 3. The fraction of sp³-hybridized carbons (Fsp3) is 0.250. The van der Waals surface area contributed by atoms with E-state index in [1.54, 1.807) is 14.0 Å². The van der Waals surface area contributed by atoms with Gasteiger partial charge in [-0.25, -0.2) is 9.78 Å². The maximum absolute atomic E-state index is 12.4. The van der Waals surface area contributed by atoms with Crippen molar-refractivity contribution in [2.45, 2.75) is 23.2 Å². The molecule has 2 heterocycles. The van der Waals surface area contributed by atoms with Crippen LogP contribution in [-0.4, -0.2) is 25.8 Å². The first-order valence-electron chi connectivity index (χ1n) is 5.68. The summed E-state index contributed by atoms with van der Waals surface area (Å²) in [6.45, 7) is 1.55. The minimum atomic E-state index is -4.45. The lowest BCUT2D eigenvalue weighted by Gasteiger charge is -2.07. The fourth-order valence-electron chi connectivity index (χ4n) is 1.71. The van der Waals surface area contributed by atoms with Crippen molar-refractivity contribution in [2.75, 3.05) is 0 Å². The normalized spacial score (nSPS) is 11.7. The van der Waals surface area contributed by atoms with Gasteiger partial charge in [0.2, 0.25) is 0 Å². The number of hydrogen-bond acceptors (Lipinski definition) is 4. The summed E-state index contributed by atoms with van der Waals surface area (Å²) in [6, 6.07) is 2.10. The lowest BCUT2D eigenvalue weighted by molar-refractivity contribution is -0.137. The van der Waals surface area contributed by atoms with Crippen molar-refractivity contribution >= 4 is 17.7 Å². The minimum Gasteiger partial charge on any atom is -0.478 e. The van der Waals surface area contributed by atoms with E-state index >= 15 is 0 Å². The summed E-state index contributed by atoms with van der Waals surface area (Å²) in [5, 5.41) is 13.7. The predicted molar refractivity (Wildman–Crippen MR) is 68.3 cm³/mol. The largest absolute Gasteiger partial charge is 0.478 e. The van der Waals surface area contributed by atoms with E-state index in [-0.39, 0.29) is 10.6 Å². The molecule has 0 saturated heterocycles. The molecule has 9 heteroatoms. The average Bonchev–Trinajstić information content (AvgIpc) is 2.63. The van der Waals surface area contributed by atoms with E-state index < -0.39 is 17.7 Å². The van der Waals surface area contributed by atoms with Crippen LogP contribution in [0.4, 0.5) is 13.2 Å². The van der Waals surface area contributed by atoms with E-state index in [9.17, 15) is 18.0 Å². The second kappa shape index (κ2) is 5.40. The van der Waals surface area contributed by atoms with Crippen molar-refractivity contribution < 1.29 is 23.1 Å². The van der Waals surface area contributed by atoms with Gasteiger partial charge in [0.1, 0.15) is 15.6 Å². The Morgan fingerprint density at radius 3 is 2.52 bits per heavy atom. The van der Waals surface area contributed by atoms with Gasteiger partial charge in [-0.15, -0.1) is 0 Å². The molecular weight excluding hydrogens is 307 g/mol. The molecule has 0 spiro atoms. The Hall–Kier alpha value is -2.03. The Balaban J connectivity index is 2.33. The van der Waals surface area contributed by atoms with Gasteiger partial charge in [-0.3, -0.25) is 4.68 Å². The Labute approximate surface area is 121 Å². The molecule has 0 aliphatic rings. The fourth-order valence-corrected chi connectivity index (χ4v) is 2.66. The van der Waals surface area contributed by atoms with E-state index in [1.807, 2.05) is 0 Å². The topological polar surface area (TPSA) is 68.0 Å². The van der Waals surface area contributed by atoms with Crippen LogP contribution in [-0.2, 0) is 13.2 Å². The zero-order chi connectivity index (χ0) is 15.8. The standard InChI is InChI=1S/C12H10F3N3O2S/c1-6-9(11(19)20)10(18(2)17-6)21-8-4-3-7(5-16-8)12(13,14)15/h3-5H,1-2H3,(H,19,20). The molecule has 0 fully saturated rings. The Bertz CT molecular complexity index is 680. The van der Waals surface area contributed by atoms with Crippen LogP contribution in [0.25, 0.3) is 0 Å². The van der Waals surface area contributed by atoms with Crippen molar-refractivity contribution in [3.63, 3.8) is 0 Å². The van der Waals surface area contributed by atoms with E-state index in [4.69, 9.17) is 5.11 Å². The Morgan fingerprint density at radius 1 is 1.38 bits per heavy atom. The smallest absolute Gasteiger partial charge is 0.417 e. The molecule has 0 unspecified atom stereocenters. The zero-order valence-electron chi connectivity index (χ0n) is 11.0. The van der Waals surface area contributed by atoms with Gasteiger partial charge in [0.25, 0.3) is 0 Å². The van der Waals surface area contributed by atoms with Crippen LogP contribution in [0.2, 0.25) is 0 Å². The lowest BCUT2D eigenvalue weighted by Crippen LogP contribution is -2.05. The van der Waals surface area contributed by atoms with Crippen LogP contribution in [0.5, 0.6) is 0 Å². The van der Waals surface area contributed by atoms with Gasteiger partial charge in [-0.1, -0.05) is 0 Å². The number of pyridine rings is 1. The minimum absolute atomic E-state index is 0.0178. The van der Waals surface area contributed by atoms with Crippen LogP contribution >= 0.6 is 11.8 Å². The first-order valence-corrected chi connectivity index (χ1v) is 6.50. The predicted octanol–water partition coefficient (Wildman–Crippen LogP) is 2.99. The summed E-state index contributed by atoms with van der Waals surface area (Å²) in [5.74, 6) is -1.14. The number of aromatic carboxylic acids is 1. The van der Waals surface area contributed by atoms with Gasteiger partial charge in [-0.2, -0.15) is 18.3 Å². The highest BCUT2D eigenvalue weighted by molar-refractivity contribution is 7.99. The summed E-state index contributed by atoms with van der Waals surface area (Å²) in [7, 11) is 1.56. The molecule has 0 radical (unpaired) electrons. The second-order valence-electron chi connectivity index (χ2n) is 4.18. The summed E-state index contributed by atoms with van der Waals surface area (Å²) in [5.41, 5.74) is -0.505. The lowest BCUT2D eigenvalue weighted by atomic mass is 10.3. The molecule has 112 valence electrons. The second-order valence-corrected chi connectivity index (χ2v) is 5.19. The van der Waals surface area contributed by atoms with Crippen molar-refractivity contribution in [3.05, 3.63) is 35.2 Å². The molecule has 2 aromatic rings. The van der Waals surface area contributed by atoms with Gasteiger partial charge in [0, 0.05) is 13.2 Å². The van der Waals surface area contributed by atoms with Crippen LogP contribution in [0, 0.1) is 6.92 Å². The third-order valence-electron chi connectivity index (χ3n) is 2.65. The molecular formula is C12H10F3N3O2S. The zero-order valence-corrected chi connectivity index (χ0v) is 11.8. The third kappa shape index (κ3) is 3.18. The summed E-state index contributed by atoms with van der Waals surface area (Å²) >= 11 is 0.951. The highest BCUT2D eigenvalue weighted by Gasteiger charge is 2.30. The van der Waals surface area contributed by atoms with Gasteiger partial charge < -0.3 is 5.11 Å². The number of carboxylic acids is 1. The van der Waals surface area contributed by atoms with E-state index in [1.165, 1.54) is 10.7 Å². The molecule has 0 aliphatic heterocycles. The Morgan fingerprint density at radius 2 is 2.05 bits per heavy atom. The number of aryl methyl sites for hydroxylation is 2. The maximum atomic E-state index is 12.4. The van der Waals surface area contributed by atoms with E-state index in [0.29, 0.717) is 16.9 Å². The summed E-state index contributed by atoms with van der Waals surface area (Å²) in [6.07, 6.45) is -3.74. The van der Waals surface area contributed by atoms with Crippen LogP contribution in [0.1, 0.15) is 21.6 Å². The monoisotopic (exact) mass is 317 g/mol. The molecule has 0 saturated carbocycles. The number of carboxylic acid groups (broad SMARTS) is 1. The highest BCUT2D eigenvalue weighted by atomic mass is 32.2. The SMILES string of the molecule is Cc1nn(C)c(Sc2ccc(C(F)(F)F)cn2)c1C(=O)O. The number of halogens is 3. The van der Waals surface area contributed by atoms with Crippen molar-refractivity contribution in [1.82, 2.24) is 14.8 Å². The highest BCUT2D eigenvalue weighted by Crippen LogP contribution is 2.33. The van der Waals surface area contributed by atoms with Gasteiger partial charge in [0.05, 0.1) is 11.3 Å². The first-order chi connectivity index (χ1) is 9.70. The van der Waals surface area contributed by atoms with Gasteiger partial charge >= 0.3 is 12.1 Å². The molecule has 0 aliphatic carbocycles. The number of hydrogen-bond donors (Lipinski definition) is 1. The number of rotatable bonds is 3.